The summed E-state index contributed by atoms with van der Waals surface area (Å²) in [6.45, 7) is 1.71. The van der Waals surface area contributed by atoms with Gasteiger partial charge in [0, 0.05) is 17.2 Å². The van der Waals surface area contributed by atoms with Crippen LogP contribution in [0.5, 0.6) is 0 Å². The Hall–Kier alpha value is -1.92. The van der Waals surface area contributed by atoms with Crippen LogP contribution in [0.1, 0.15) is 22.9 Å². The molecule has 2 amide bonds. The van der Waals surface area contributed by atoms with Crippen LogP contribution in [0.3, 0.4) is 0 Å². The second-order valence-electron chi connectivity index (χ2n) is 4.64. The number of hydrogen-bond donors (Lipinski definition) is 3. The first-order chi connectivity index (χ1) is 10.1. The number of benzene rings is 1. The zero-order valence-corrected chi connectivity index (χ0v) is 12.4. The summed E-state index contributed by atoms with van der Waals surface area (Å²) in [7, 11) is 0. The van der Waals surface area contributed by atoms with Gasteiger partial charge >= 0.3 is 6.03 Å². The van der Waals surface area contributed by atoms with Crippen molar-refractivity contribution in [3.63, 3.8) is 0 Å². The van der Waals surface area contributed by atoms with Gasteiger partial charge in [-0.3, -0.25) is 0 Å². The number of thiophene rings is 1. The van der Waals surface area contributed by atoms with Crippen molar-refractivity contribution in [2.45, 2.75) is 19.4 Å². The van der Waals surface area contributed by atoms with E-state index in [0.717, 1.165) is 4.88 Å². The Kier molecular flexibility index (Phi) is 5.30. The highest BCUT2D eigenvalue weighted by molar-refractivity contribution is 7.10. The van der Waals surface area contributed by atoms with Crippen LogP contribution >= 0.6 is 11.3 Å². The molecule has 0 fully saturated rings. The summed E-state index contributed by atoms with van der Waals surface area (Å²) in [5.74, 6) is -0.338. The molecule has 0 saturated carbocycles. The summed E-state index contributed by atoms with van der Waals surface area (Å²) in [5, 5.41) is 16.5. The van der Waals surface area contributed by atoms with Gasteiger partial charge in [0.05, 0.1) is 6.04 Å². The number of carbonyl (C=O) groups is 1. The Morgan fingerprint density at radius 2 is 2.24 bits per heavy atom. The van der Waals surface area contributed by atoms with Crippen molar-refractivity contribution in [1.82, 2.24) is 5.32 Å². The van der Waals surface area contributed by atoms with Gasteiger partial charge < -0.3 is 15.7 Å². The van der Waals surface area contributed by atoms with Gasteiger partial charge in [0.25, 0.3) is 0 Å². The maximum absolute atomic E-state index is 13.0. The molecule has 0 bridgehead atoms. The zero-order chi connectivity index (χ0) is 15.2. The lowest BCUT2D eigenvalue weighted by Crippen LogP contribution is -2.33. The number of carbonyl (C=O) groups excluding carboxylic acids is 1. The van der Waals surface area contributed by atoms with Crippen LogP contribution in [0.15, 0.2) is 35.7 Å². The van der Waals surface area contributed by atoms with E-state index in [1.54, 1.807) is 6.92 Å². The van der Waals surface area contributed by atoms with E-state index >= 15 is 0 Å². The van der Waals surface area contributed by atoms with Gasteiger partial charge in [-0.1, -0.05) is 6.07 Å². The molecule has 1 atom stereocenters. The van der Waals surface area contributed by atoms with Crippen LogP contribution in [0.25, 0.3) is 0 Å². The lowest BCUT2D eigenvalue weighted by Gasteiger charge is -2.17. The van der Waals surface area contributed by atoms with E-state index in [4.69, 9.17) is 5.11 Å². The minimum Gasteiger partial charge on any atom is -0.396 e. The van der Waals surface area contributed by atoms with Crippen molar-refractivity contribution in [2.75, 3.05) is 11.9 Å². The molecule has 1 heterocycles. The third kappa shape index (κ3) is 4.27. The van der Waals surface area contributed by atoms with Crippen LogP contribution in [-0.2, 0) is 0 Å². The van der Waals surface area contributed by atoms with E-state index in [1.165, 1.54) is 29.5 Å². The topological polar surface area (TPSA) is 61.4 Å². The number of hydrogen-bond acceptors (Lipinski definition) is 3. The van der Waals surface area contributed by atoms with Gasteiger partial charge in [-0.05, 0) is 48.6 Å². The highest BCUT2D eigenvalue weighted by atomic mass is 32.1. The molecule has 0 spiro atoms. The maximum atomic E-state index is 13.0. The third-order valence-corrected chi connectivity index (χ3v) is 4.03. The van der Waals surface area contributed by atoms with Gasteiger partial charge in [-0.2, -0.15) is 0 Å². The van der Waals surface area contributed by atoms with Gasteiger partial charge in [0.15, 0.2) is 0 Å². The number of rotatable bonds is 5. The fraction of sp³-hybridized carbons (Fsp3) is 0.267. The lowest BCUT2D eigenvalue weighted by atomic mass is 10.2. The SMILES string of the molecule is Cc1cc(F)ccc1NC(=O)NC(CCO)c1cccs1. The molecular weight excluding hydrogens is 291 g/mol. The largest absolute Gasteiger partial charge is 0.396 e. The molecule has 0 aliphatic heterocycles. The number of amides is 2. The molecule has 3 N–H and O–H groups in total. The van der Waals surface area contributed by atoms with Crippen molar-refractivity contribution in [3.8, 4) is 0 Å². The van der Waals surface area contributed by atoms with Crippen LogP contribution in [0.2, 0.25) is 0 Å². The predicted octanol–water partition coefficient (Wildman–Crippen LogP) is 3.44. The number of urea groups is 1. The second kappa shape index (κ2) is 7.19. The van der Waals surface area contributed by atoms with Crippen molar-refractivity contribution in [2.24, 2.45) is 0 Å². The Bertz CT molecular complexity index is 602. The highest BCUT2D eigenvalue weighted by Gasteiger charge is 2.15. The average molecular weight is 308 g/mol. The first-order valence-corrected chi connectivity index (χ1v) is 7.46. The fourth-order valence-electron chi connectivity index (χ4n) is 1.99. The summed E-state index contributed by atoms with van der Waals surface area (Å²) in [5.41, 5.74) is 1.21. The molecule has 6 heteroatoms. The molecule has 4 nitrogen and oxygen atoms in total. The number of aliphatic hydroxyl groups excluding tert-OH is 1. The van der Waals surface area contributed by atoms with E-state index in [0.29, 0.717) is 17.7 Å². The lowest BCUT2D eigenvalue weighted by molar-refractivity contribution is 0.239. The average Bonchev–Trinajstić information content (AvgIpc) is 2.95. The Labute approximate surface area is 126 Å². The normalized spacial score (nSPS) is 12.0. The third-order valence-electron chi connectivity index (χ3n) is 3.05. The highest BCUT2D eigenvalue weighted by Crippen LogP contribution is 2.22. The molecule has 0 aliphatic carbocycles. The Balaban J connectivity index is 2.02. The van der Waals surface area contributed by atoms with E-state index in [9.17, 15) is 9.18 Å². The smallest absolute Gasteiger partial charge is 0.319 e. The Morgan fingerprint density at radius 1 is 1.43 bits per heavy atom. The molecule has 2 aromatic rings. The summed E-state index contributed by atoms with van der Waals surface area (Å²) < 4.78 is 13.0. The van der Waals surface area contributed by atoms with Crippen LogP contribution in [0, 0.1) is 12.7 Å². The fourth-order valence-corrected chi connectivity index (χ4v) is 2.80. The molecule has 1 aromatic carbocycles. The van der Waals surface area contributed by atoms with Crippen LogP contribution in [-0.4, -0.2) is 17.7 Å². The van der Waals surface area contributed by atoms with Crippen molar-refractivity contribution < 1.29 is 14.3 Å². The first kappa shape index (κ1) is 15.5. The summed E-state index contributed by atoms with van der Waals surface area (Å²) in [6.07, 6.45) is 0.441. The monoisotopic (exact) mass is 308 g/mol. The van der Waals surface area contributed by atoms with Gasteiger partial charge in [0.1, 0.15) is 5.82 Å². The number of aliphatic hydroxyl groups is 1. The second-order valence-corrected chi connectivity index (χ2v) is 5.62. The summed E-state index contributed by atoms with van der Waals surface area (Å²) in [6, 6.07) is 7.37. The zero-order valence-electron chi connectivity index (χ0n) is 11.6. The first-order valence-electron chi connectivity index (χ1n) is 6.58. The Morgan fingerprint density at radius 3 is 2.86 bits per heavy atom. The molecule has 0 aliphatic rings. The van der Waals surface area contributed by atoms with Gasteiger partial charge in [-0.25, -0.2) is 9.18 Å². The van der Waals surface area contributed by atoms with Crippen molar-refractivity contribution in [3.05, 3.63) is 52.0 Å². The standard InChI is InChI=1S/C15H17FN2O2S/c1-10-9-11(16)4-5-12(10)17-15(20)18-13(6-7-19)14-3-2-8-21-14/h2-5,8-9,13,19H,6-7H2,1H3,(H2,17,18,20). The molecule has 0 saturated heterocycles. The molecule has 0 radical (unpaired) electrons. The van der Waals surface area contributed by atoms with E-state index in [2.05, 4.69) is 10.6 Å². The predicted molar refractivity (Wildman–Crippen MR) is 82.1 cm³/mol. The minimum atomic E-state index is -0.378. The molecule has 112 valence electrons. The quantitative estimate of drug-likeness (QED) is 0.792. The van der Waals surface area contributed by atoms with Crippen molar-refractivity contribution >= 4 is 23.1 Å². The summed E-state index contributed by atoms with van der Waals surface area (Å²) in [4.78, 5) is 13.0. The number of nitrogens with one attached hydrogen (secondary N) is 2. The molecule has 2 rings (SSSR count). The molecule has 1 unspecified atom stereocenters. The number of aryl methyl sites for hydroxylation is 1. The molecular formula is C15H17FN2O2S. The van der Waals surface area contributed by atoms with Gasteiger partial charge in [0.2, 0.25) is 0 Å². The molecule has 21 heavy (non-hydrogen) atoms. The summed E-state index contributed by atoms with van der Waals surface area (Å²) >= 11 is 1.52. The number of halogens is 1. The van der Waals surface area contributed by atoms with Crippen molar-refractivity contribution in [1.29, 1.82) is 0 Å². The minimum absolute atomic E-state index is 0.0155. The van der Waals surface area contributed by atoms with Gasteiger partial charge in [-0.15, -0.1) is 11.3 Å². The number of anilines is 1. The maximum Gasteiger partial charge on any atom is 0.319 e. The van der Waals surface area contributed by atoms with E-state index in [-0.39, 0.29) is 24.5 Å². The van der Waals surface area contributed by atoms with E-state index in [1.807, 2.05) is 17.5 Å². The van der Waals surface area contributed by atoms with Crippen LogP contribution < -0.4 is 10.6 Å². The van der Waals surface area contributed by atoms with E-state index < -0.39 is 0 Å². The van der Waals surface area contributed by atoms with Crippen LogP contribution in [0.4, 0.5) is 14.9 Å². The molecule has 1 aromatic heterocycles.